The molecule has 0 atom stereocenters. The van der Waals surface area contributed by atoms with Crippen LogP contribution in [-0.4, -0.2) is 25.3 Å². The number of nitrogens with zero attached hydrogens (tertiary/aromatic N) is 1. The van der Waals surface area contributed by atoms with Crippen molar-refractivity contribution in [2.45, 2.75) is 57.0 Å². The molecule has 1 fully saturated rings. The lowest BCUT2D eigenvalue weighted by molar-refractivity contribution is 0.403. The third-order valence-electron chi connectivity index (χ3n) is 3.73. The molecule has 1 saturated carbocycles. The van der Waals surface area contributed by atoms with E-state index in [-0.39, 0.29) is 6.04 Å². The number of aryl methyl sites for hydroxylation is 1. The van der Waals surface area contributed by atoms with Gasteiger partial charge >= 0.3 is 0 Å². The summed E-state index contributed by atoms with van der Waals surface area (Å²) < 4.78 is 27.6. The van der Waals surface area contributed by atoms with Gasteiger partial charge in [0.05, 0.1) is 4.90 Å². The monoisotopic (exact) mass is 296 g/mol. The van der Waals surface area contributed by atoms with Crippen LogP contribution >= 0.6 is 0 Å². The van der Waals surface area contributed by atoms with Crippen molar-refractivity contribution in [1.82, 2.24) is 4.31 Å². The van der Waals surface area contributed by atoms with E-state index < -0.39 is 10.0 Å². The molecule has 1 aromatic carbocycles. The first-order valence-corrected chi connectivity index (χ1v) is 8.82. The van der Waals surface area contributed by atoms with Crippen LogP contribution in [0.1, 0.15) is 44.2 Å². The summed E-state index contributed by atoms with van der Waals surface area (Å²) in [7, 11) is -3.40. The van der Waals surface area contributed by atoms with E-state index in [0.717, 1.165) is 30.4 Å². The van der Waals surface area contributed by atoms with Gasteiger partial charge in [0.25, 0.3) is 0 Å². The molecule has 4 nitrogen and oxygen atoms in total. The minimum atomic E-state index is -3.40. The zero-order valence-corrected chi connectivity index (χ0v) is 13.1. The number of rotatable bonds is 7. The van der Waals surface area contributed by atoms with Crippen LogP contribution in [0, 0.1) is 0 Å². The van der Waals surface area contributed by atoms with Crippen LogP contribution in [0.2, 0.25) is 0 Å². The highest BCUT2D eigenvalue weighted by Crippen LogP contribution is 2.33. The van der Waals surface area contributed by atoms with E-state index in [1.165, 1.54) is 0 Å². The summed E-state index contributed by atoms with van der Waals surface area (Å²) in [4.78, 5) is 0.448. The van der Waals surface area contributed by atoms with Crippen molar-refractivity contribution in [3.8, 4) is 0 Å². The maximum Gasteiger partial charge on any atom is 0.243 e. The molecule has 112 valence electrons. The first kappa shape index (κ1) is 15.5. The first-order chi connectivity index (χ1) is 9.54. The van der Waals surface area contributed by atoms with Crippen molar-refractivity contribution in [1.29, 1.82) is 0 Å². The summed E-state index contributed by atoms with van der Waals surface area (Å²) in [6, 6.07) is 5.76. The maximum absolute atomic E-state index is 12.9. The van der Waals surface area contributed by atoms with Gasteiger partial charge in [-0.05, 0) is 42.9 Å². The lowest BCUT2D eigenvalue weighted by Gasteiger charge is -2.23. The Labute approximate surface area is 122 Å². The quantitative estimate of drug-likeness (QED) is 0.839. The summed E-state index contributed by atoms with van der Waals surface area (Å²) in [6.45, 7) is 4.96. The van der Waals surface area contributed by atoms with E-state index in [1.54, 1.807) is 10.4 Å². The van der Waals surface area contributed by atoms with Crippen LogP contribution in [0.4, 0.5) is 0 Å². The zero-order valence-electron chi connectivity index (χ0n) is 12.3. The highest BCUT2D eigenvalue weighted by Gasteiger charge is 2.38. The van der Waals surface area contributed by atoms with Crippen LogP contribution in [0.15, 0.2) is 23.1 Å². The largest absolute Gasteiger partial charge is 0.326 e. The Balaban J connectivity index is 2.45. The fraction of sp³-hybridized carbons (Fsp3) is 0.600. The Hall–Kier alpha value is -0.910. The molecule has 1 aromatic rings. The van der Waals surface area contributed by atoms with Gasteiger partial charge in [0.1, 0.15) is 0 Å². The normalized spacial score (nSPS) is 15.8. The molecule has 20 heavy (non-hydrogen) atoms. The predicted molar refractivity (Wildman–Crippen MR) is 80.9 cm³/mol. The topological polar surface area (TPSA) is 63.4 Å². The van der Waals surface area contributed by atoms with Gasteiger partial charge < -0.3 is 5.73 Å². The molecule has 1 aliphatic carbocycles. The standard InChI is InChI=1S/C15H24N2O2S/c1-3-9-17(14-7-8-14)20(18,19)15-10-12(11-16)5-6-13(15)4-2/h5-6,10,14H,3-4,7-9,11,16H2,1-2H3. The molecule has 0 amide bonds. The molecule has 0 bridgehead atoms. The van der Waals surface area contributed by atoms with E-state index in [2.05, 4.69) is 0 Å². The van der Waals surface area contributed by atoms with Crippen LogP contribution in [0.25, 0.3) is 0 Å². The van der Waals surface area contributed by atoms with E-state index in [0.29, 0.717) is 24.4 Å². The van der Waals surface area contributed by atoms with Crippen molar-refractivity contribution < 1.29 is 8.42 Å². The average Bonchev–Trinajstić information content (AvgIpc) is 3.28. The van der Waals surface area contributed by atoms with Gasteiger partial charge in [0.15, 0.2) is 0 Å². The minimum Gasteiger partial charge on any atom is -0.326 e. The van der Waals surface area contributed by atoms with Gasteiger partial charge in [-0.1, -0.05) is 26.0 Å². The van der Waals surface area contributed by atoms with Crippen molar-refractivity contribution >= 4 is 10.0 Å². The van der Waals surface area contributed by atoms with E-state index in [1.807, 2.05) is 26.0 Å². The van der Waals surface area contributed by atoms with Gasteiger partial charge in [-0.3, -0.25) is 0 Å². The molecule has 0 saturated heterocycles. The molecular formula is C15H24N2O2S. The third kappa shape index (κ3) is 3.05. The Kier molecular flexibility index (Phi) is 4.83. The molecular weight excluding hydrogens is 272 g/mol. The zero-order chi connectivity index (χ0) is 14.8. The SMILES string of the molecule is CCCN(C1CC1)S(=O)(=O)c1cc(CN)ccc1CC. The van der Waals surface area contributed by atoms with Crippen LogP contribution in [0.3, 0.4) is 0 Å². The number of benzene rings is 1. The first-order valence-electron chi connectivity index (χ1n) is 7.38. The summed E-state index contributed by atoms with van der Waals surface area (Å²) in [5.74, 6) is 0. The summed E-state index contributed by atoms with van der Waals surface area (Å²) in [5.41, 5.74) is 7.40. The van der Waals surface area contributed by atoms with E-state index in [9.17, 15) is 8.42 Å². The highest BCUT2D eigenvalue weighted by atomic mass is 32.2. The van der Waals surface area contributed by atoms with Gasteiger partial charge in [0, 0.05) is 19.1 Å². The molecule has 0 unspecified atom stereocenters. The average molecular weight is 296 g/mol. The summed E-state index contributed by atoms with van der Waals surface area (Å²) >= 11 is 0. The Morgan fingerprint density at radius 1 is 1.30 bits per heavy atom. The Morgan fingerprint density at radius 3 is 2.50 bits per heavy atom. The second-order valence-corrected chi connectivity index (χ2v) is 7.21. The number of hydrogen-bond acceptors (Lipinski definition) is 3. The lowest BCUT2D eigenvalue weighted by atomic mass is 10.1. The van der Waals surface area contributed by atoms with Crippen molar-refractivity contribution in [2.24, 2.45) is 5.73 Å². The predicted octanol–water partition coefficient (Wildman–Crippen LogP) is 2.27. The van der Waals surface area contributed by atoms with Gasteiger partial charge in [-0.15, -0.1) is 0 Å². The second kappa shape index (κ2) is 6.24. The second-order valence-electron chi connectivity index (χ2n) is 5.35. The summed E-state index contributed by atoms with van der Waals surface area (Å²) in [6.07, 6.45) is 3.52. The van der Waals surface area contributed by atoms with Crippen LogP contribution < -0.4 is 5.73 Å². The molecule has 0 heterocycles. The molecule has 0 aromatic heterocycles. The van der Waals surface area contributed by atoms with Crippen LogP contribution in [0.5, 0.6) is 0 Å². The maximum atomic E-state index is 12.9. The minimum absolute atomic E-state index is 0.200. The molecule has 0 radical (unpaired) electrons. The van der Waals surface area contributed by atoms with E-state index >= 15 is 0 Å². The van der Waals surface area contributed by atoms with Gasteiger partial charge in [-0.25, -0.2) is 8.42 Å². The molecule has 5 heteroatoms. The van der Waals surface area contributed by atoms with Crippen molar-refractivity contribution in [3.05, 3.63) is 29.3 Å². The third-order valence-corrected chi connectivity index (χ3v) is 5.77. The molecule has 0 spiro atoms. The molecule has 2 rings (SSSR count). The van der Waals surface area contributed by atoms with E-state index in [4.69, 9.17) is 5.73 Å². The fourth-order valence-electron chi connectivity index (χ4n) is 2.47. The fourth-order valence-corrected chi connectivity index (χ4v) is 4.59. The number of nitrogens with two attached hydrogens (primary N) is 1. The molecule has 1 aliphatic rings. The Morgan fingerprint density at radius 2 is 2.00 bits per heavy atom. The van der Waals surface area contributed by atoms with Crippen LogP contribution in [-0.2, 0) is 23.0 Å². The summed E-state index contributed by atoms with van der Waals surface area (Å²) in [5, 5.41) is 0. The number of hydrogen-bond donors (Lipinski definition) is 1. The van der Waals surface area contributed by atoms with Crippen molar-refractivity contribution in [3.63, 3.8) is 0 Å². The van der Waals surface area contributed by atoms with Crippen molar-refractivity contribution in [2.75, 3.05) is 6.54 Å². The van der Waals surface area contributed by atoms with Gasteiger partial charge in [0.2, 0.25) is 10.0 Å². The van der Waals surface area contributed by atoms with Gasteiger partial charge in [-0.2, -0.15) is 4.31 Å². The molecule has 0 aliphatic heterocycles. The Bertz CT molecular complexity index is 565. The lowest BCUT2D eigenvalue weighted by Crippen LogP contribution is -2.34. The molecule has 2 N–H and O–H groups in total. The number of sulfonamides is 1. The smallest absolute Gasteiger partial charge is 0.243 e. The highest BCUT2D eigenvalue weighted by molar-refractivity contribution is 7.89.